The molecule has 0 radical (unpaired) electrons. The van der Waals surface area contributed by atoms with Crippen molar-refractivity contribution in [2.24, 2.45) is 0 Å². The van der Waals surface area contributed by atoms with E-state index >= 15 is 0 Å². The summed E-state index contributed by atoms with van der Waals surface area (Å²) in [5.74, 6) is 0.578. The number of phenolic OH excluding ortho intramolecular Hbond substituents is 1. The van der Waals surface area contributed by atoms with E-state index in [1.54, 1.807) is 6.92 Å². The number of ketones is 1. The van der Waals surface area contributed by atoms with Gasteiger partial charge < -0.3 is 24.1 Å². The van der Waals surface area contributed by atoms with Crippen molar-refractivity contribution in [3.05, 3.63) is 39.4 Å². The normalized spacial score (nSPS) is 26.8. The van der Waals surface area contributed by atoms with E-state index in [0.29, 0.717) is 46.8 Å². The topological polar surface area (TPSA) is 122 Å². The standard InChI is InChI=1S/C29H31N3O7/c1-7-16-20-21(27(39-14(4)33)13(3)28-29(20)38-11-37-28)24(34)23-22-19-15(8-12(2)26(36-6)25(19)35)9-17(31(22)5)18(10-30)32(16)23/h8,16-18,22-23,35H,7,9,11H2,1-6H3/t16-,17-,18-,22-,23-/m0/s1. The first kappa shape index (κ1) is 25.5. The zero-order chi connectivity index (χ0) is 27.9. The number of likely N-dealkylation sites (N-methyl/N-ethyl adjacent to an activating group) is 1. The quantitative estimate of drug-likeness (QED) is 0.463. The summed E-state index contributed by atoms with van der Waals surface area (Å²) < 4.78 is 22.9. The first-order valence-electron chi connectivity index (χ1n) is 13.1. The molecule has 2 bridgehead atoms. The van der Waals surface area contributed by atoms with E-state index in [1.807, 2.05) is 36.8 Å². The fourth-order valence-corrected chi connectivity index (χ4v) is 7.30. The maximum absolute atomic E-state index is 14.7. The zero-order valence-corrected chi connectivity index (χ0v) is 22.8. The van der Waals surface area contributed by atoms with Crippen LogP contribution in [0.5, 0.6) is 28.7 Å². The lowest BCUT2D eigenvalue weighted by Gasteiger charge is -2.59. The SMILES string of the molecule is CC[C@H]1c2c3c(c(C)c(OC(C)=O)c2C(=O)[C@@H]2[C@@H]4c5c(cc(C)c(OC)c5O)C[C@@H]([C@H](C#N)N21)N4C)OCO3. The summed E-state index contributed by atoms with van der Waals surface area (Å²) in [6.07, 6.45) is 1.09. The van der Waals surface area contributed by atoms with Crippen LogP contribution in [0.1, 0.15) is 70.5 Å². The smallest absolute Gasteiger partial charge is 0.308 e. The molecule has 1 fully saturated rings. The monoisotopic (exact) mass is 533 g/mol. The van der Waals surface area contributed by atoms with Crippen LogP contribution in [0.15, 0.2) is 6.07 Å². The van der Waals surface area contributed by atoms with Crippen LogP contribution in [0.4, 0.5) is 0 Å². The summed E-state index contributed by atoms with van der Waals surface area (Å²) in [5, 5.41) is 22.0. The van der Waals surface area contributed by atoms with Gasteiger partial charge in [0.15, 0.2) is 28.8 Å². The van der Waals surface area contributed by atoms with Crippen LogP contribution >= 0.6 is 0 Å². The van der Waals surface area contributed by atoms with E-state index in [4.69, 9.17) is 18.9 Å². The largest absolute Gasteiger partial charge is 0.504 e. The predicted molar refractivity (Wildman–Crippen MR) is 138 cm³/mol. The highest BCUT2D eigenvalue weighted by molar-refractivity contribution is 6.08. The lowest BCUT2D eigenvalue weighted by Crippen LogP contribution is -2.69. The van der Waals surface area contributed by atoms with Crippen molar-refractivity contribution < 1.29 is 33.6 Å². The third-order valence-corrected chi connectivity index (χ3v) is 8.77. The number of aromatic hydroxyl groups is 1. The molecule has 2 aromatic carbocycles. The average Bonchev–Trinajstić information content (AvgIpc) is 3.38. The molecule has 204 valence electrons. The molecule has 10 heteroatoms. The number of nitrogens with zero attached hydrogens (tertiary/aromatic N) is 3. The Labute approximate surface area is 226 Å². The Hall–Kier alpha value is -3.81. The first-order chi connectivity index (χ1) is 18.7. The van der Waals surface area contributed by atoms with Crippen LogP contribution in [0, 0.1) is 25.2 Å². The number of benzene rings is 2. The number of nitriles is 1. The molecule has 5 atom stereocenters. The number of Topliss-reactive ketones (excluding diaryl/α,β-unsaturated/α-hetero) is 1. The number of phenols is 1. The summed E-state index contributed by atoms with van der Waals surface area (Å²) >= 11 is 0. The molecular weight excluding hydrogens is 502 g/mol. The molecule has 4 aliphatic rings. The minimum atomic E-state index is -0.834. The molecule has 0 aliphatic carbocycles. The number of esters is 1. The van der Waals surface area contributed by atoms with Gasteiger partial charge in [0, 0.05) is 35.7 Å². The summed E-state index contributed by atoms with van der Waals surface area (Å²) in [5.41, 5.74) is 3.68. The van der Waals surface area contributed by atoms with Gasteiger partial charge in [-0.2, -0.15) is 5.26 Å². The van der Waals surface area contributed by atoms with Crippen LogP contribution in [-0.4, -0.2) is 65.7 Å². The molecule has 10 nitrogen and oxygen atoms in total. The number of aryl methyl sites for hydroxylation is 1. The summed E-state index contributed by atoms with van der Waals surface area (Å²) in [7, 11) is 3.40. The van der Waals surface area contributed by atoms with E-state index < -0.39 is 30.1 Å². The Bertz CT molecular complexity index is 1480. The van der Waals surface area contributed by atoms with Crippen LogP contribution < -0.4 is 18.9 Å². The average molecular weight is 534 g/mol. The van der Waals surface area contributed by atoms with E-state index in [1.165, 1.54) is 14.0 Å². The molecule has 0 aromatic heterocycles. The number of piperazine rings is 1. The van der Waals surface area contributed by atoms with E-state index in [2.05, 4.69) is 6.07 Å². The lowest BCUT2D eigenvalue weighted by molar-refractivity contribution is -0.132. The van der Waals surface area contributed by atoms with E-state index in [-0.39, 0.29) is 35.7 Å². The minimum absolute atomic E-state index is 0.00637. The van der Waals surface area contributed by atoms with Crippen molar-refractivity contribution in [3.8, 4) is 34.8 Å². The maximum Gasteiger partial charge on any atom is 0.308 e. The van der Waals surface area contributed by atoms with Crippen LogP contribution in [0.2, 0.25) is 0 Å². The van der Waals surface area contributed by atoms with Crippen molar-refractivity contribution in [3.63, 3.8) is 0 Å². The molecule has 39 heavy (non-hydrogen) atoms. The molecule has 2 aromatic rings. The highest BCUT2D eigenvalue weighted by Crippen LogP contribution is 2.58. The Kier molecular flexibility index (Phi) is 5.79. The summed E-state index contributed by atoms with van der Waals surface area (Å²) in [4.78, 5) is 31.0. The highest BCUT2D eigenvalue weighted by atomic mass is 16.7. The minimum Gasteiger partial charge on any atom is -0.504 e. The van der Waals surface area contributed by atoms with Gasteiger partial charge in [-0.05, 0) is 44.9 Å². The van der Waals surface area contributed by atoms with E-state index in [0.717, 1.165) is 11.1 Å². The number of rotatable bonds is 3. The van der Waals surface area contributed by atoms with Crippen molar-refractivity contribution >= 4 is 11.8 Å². The van der Waals surface area contributed by atoms with Gasteiger partial charge in [-0.25, -0.2) is 0 Å². The molecule has 0 spiro atoms. The van der Waals surface area contributed by atoms with Crippen LogP contribution in [-0.2, 0) is 11.2 Å². The second kappa shape index (κ2) is 8.86. The molecule has 1 saturated heterocycles. The Morgan fingerprint density at radius 1 is 1.21 bits per heavy atom. The van der Waals surface area contributed by atoms with Crippen molar-refractivity contribution in [2.75, 3.05) is 21.0 Å². The number of methoxy groups -OCH3 is 1. The van der Waals surface area contributed by atoms with Crippen LogP contribution in [0.3, 0.4) is 0 Å². The Balaban J connectivity index is 1.67. The number of carbonyl (C=O) groups excluding carboxylic acids is 2. The fraction of sp³-hybridized carbons (Fsp3) is 0.483. The molecule has 0 unspecified atom stereocenters. The van der Waals surface area contributed by atoms with Gasteiger partial charge in [0.2, 0.25) is 6.79 Å². The van der Waals surface area contributed by atoms with Gasteiger partial charge in [0.1, 0.15) is 11.8 Å². The van der Waals surface area contributed by atoms with Crippen molar-refractivity contribution in [2.45, 2.75) is 70.7 Å². The second-order valence-electron chi connectivity index (χ2n) is 10.7. The predicted octanol–water partition coefficient (Wildman–Crippen LogP) is 3.49. The van der Waals surface area contributed by atoms with Gasteiger partial charge in [0.25, 0.3) is 0 Å². The van der Waals surface area contributed by atoms with Gasteiger partial charge in [-0.1, -0.05) is 13.0 Å². The second-order valence-corrected chi connectivity index (χ2v) is 10.7. The third kappa shape index (κ3) is 3.26. The third-order valence-electron chi connectivity index (χ3n) is 8.77. The molecular formula is C29H31N3O7. The molecule has 1 N–H and O–H groups in total. The van der Waals surface area contributed by atoms with Gasteiger partial charge in [-0.15, -0.1) is 0 Å². The lowest BCUT2D eigenvalue weighted by atomic mass is 9.71. The fourth-order valence-electron chi connectivity index (χ4n) is 7.30. The zero-order valence-electron chi connectivity index (χ0n) is 22.8. The number of hydrogen-bond acceptors (Lipinski definition) is 10. The van der Waals surface area contributed by atoms with Gasteiger partial charge >= 0.3 is 5.97 Å². The highest BCUT2D eigenvalue weighted by Gasteiger charge is 2.59. The summed E-state index contributed by atoms with van der Waals surface area (Å²) in [6, 6.07) is 1.85. The Morgan fingerprint density at radius 3 is 2.56 bits per heavy atom. The van der Waals surface area contributed by atoms with Crippen molar-refractivity contribution in [1.29, 1.82) is 5.26 Å². The van der Waals surface area contributed by atoms with Gasteiger partial charge in [-0.3, -0.25) is 19.4 Å². The van der Waals surface area contributed by atoms with Crippen molar-refractivity contribution in [1.82, 2.24) is 9.80 Å². The van der Waals surface area contributed by atoms with Gasteiger partial charge in [0.05, 0.1) is 30.8 Å². The number of carbonyl (C=O) groups is 2. The number of fused-ring (bicyclic) bond motifs is 9. The van der Waals surface area contributed by atoms with Crippen LogP contribution in [0.25, 0.3) is 0 Å². The molecule has 4 heterocycles. The number of hydrogen-bond donors (Lipinski definition) is 1. The number of ether oxygens (including phenoxy) is 4. The molecule has 0 amide bonds. The molecule has 6 rings (SSSR count). The maximum atomic E-state index is 14.7. The molecule has 4 aliphatic heterocycles. The Morgan fingerprint density at radius 2 is 1.92 bits per heavy atom. The first-order valence-corrected chi connectivity index (χ1v) is 13.1. The van der Waals surface area contributed by atoms with E-state index in [9.17, 15) is 20.0 Å². The molecule has 0 saturated carbocycles. The summed E-state index contributed by atoms with van der Waals surface area (Å²) in [6.45, 7) is 6.88.